The summed E-state index contributed by atoms with van der Waals surface area (Å²) in [5, 5.41) is 3.73. The maximum absolute atomic E-state index is 13.6. The minimum atomic E-state index is -0.107. The Kier molecular flexibility index (Phi) is 6.13. The molecule has 0 saturated heterocycles. The highest BCUT2D eigenvalue weighted by Gasteiger charge is 2.20. The van der Waals surface area contributed by atoms with Crippen molar-refractivity contribution in [1.82, 2.24) is 5.32 Å². The van der Waals surface area contributed by atoms with E-state index in [1.54, 1.807) is 17.2 Å². The zero-order chi connectivity index (χ0) is 21.6. The molecule has 5 heteroatoms. The van der Waals surface area contributed by atoms with Gasteiger partial charge in [0.05, 0.1) is 6.26 Å². The lowest BCUT2D eigenvalue weighted by molar-refractivity contribution is -0.118. The quantitative estimate of drug-likeness (QED) is 0.409. The number of carbonyl (C=O) groups excluding carboxylic acids is 2. The highest BCUT2D eigenvalue weighted by atomic mass is 16.3. The van der Waals surface area contributed by atoms with Crippen LogP contribution < -0.4 is 10.2 Å². The van der Waals surface area contributed by atoms with Gasteiger partial charge in [0, 0.05) is 35.8 Å². The lowest BCUT2D eigenvalue weighted by atomic mass is 10.0. The molecule has 1 heterocycles. The van der Waals surface area contributed by atoms with Crippen LogP contribution in [0.4, 0.5) is 11.4 Å². The number of rotatable bonds is 7. The van der Waals surface area contributed by atoms with Gasteiger partial charge >= 0.3 is 0 Å². The lowest BCUT2D eigenvalue weighted by Gasteiger charge is -2.23. The normalized spacial score (nSPS) is 10.7. The molecule has 0 saturated carbocycles. The molecular formula is C26H24N2O3. The number of carbonyl (C=O) groups is 2. The summed E-state index contributed by atoms with van der Waals surface area (Å²) in [5.74, 6) is -0.142. The molecular weight excluding hydrogens is 388 g/mol. The standard InChI is InChI=1S/C26H24N2O3/c1-19(29)27-16-8-9-21-18-31-25-15-14-20(17-24(21)25)26(30)28(22-10-4-2-5-11-22)23-12-6-3-7-13-23/h2-7,10-15,17-18H,8-9,16H2,1H3,(H,27,29). The number of benzene rings is 3. The zero-order valence-electron chi connectivity index (χ0n) is 17.4. The van der Waals surface area contributed by atoms with E-state index >= 15 is 0 Å². The topological polar surface area (TPSA) is 62.6 Å². The molecule has 0 aliphatic carbocycles. The number of amides is 2. The number of fused-ring (bicyclic) bond motifs is 1. The third-order valence-corrected chi connectivity index (χ3v) is 5.13. The SMILES string of the molecule is CC(=O)NCCCc1coc2ccc(C(=O)N(c3ccccc3)c3ccccc3)cc12. The first-order valence-corrected chi connectivity index (χ1v) is 10.3. The van der Waals surface area contributed by atoms with Crippen LogP contribution in [0.5, 0.6) is 0 Å². The molecule has 0 bridgehead atoms. The van der Waals surface area contributed by atoms with E-state index in [0.29, 0.717) is 12.1 Å². The highest BCUT2D eigenvalue weighted by Crippen LogP contribution is 2.29. The molecule has 1 N–H and O–H groups in total. The molecule has 2 amide bonds. The Balaban J connectivity index is 1.65. The van der Waals surface area contributed by atoms with Gasteiger partial charge in [-0.3, -0.25) is 14.5 Å². The fraction of sp³-hybridized carbons (Fsp3) is 0.154. The molecule has 31 heavy (non-hydrogen) atoms. The molecule has 5 nitrogen and oxygen atoms in total. The summed E-state index contributed by atoms with van der Waals surface area (Å²) in [6.07, 6.45) is 3.29. The minimum Gasteiger partial charge on any atom is -0.464 e. The molecule has 156 valence electrons. The third-order valence-electron chi connectivity index (χ3n) is 5.13. The molecule has 1 aromatic heterocycles. The van der Waals surface area contributed by atoms with Crippen LogP contribution in [0.1, 0.15) is 29.3 Å². The van der Waals surface area contributed by atoms with Gasteiger partial charge in [0.15, 0.2) is 0 Å². The second-order valence-corrected chi connectivity index (χ2v) is 7.37. The van der Waals surface area contributed by atoms with Crippen molar-refractivity contribution in [1.29, 1.82) is 0 Å². The van der Waals surface area contributed by atoms with Crippen molar-refractivity contribution in [2.45, 2.75) is 19.8 Å². The first-order chi connectivity index (χ1) is 15.1. The summed E-state index contributed by atoms with van der Waals surface area (Å²) < 4.78 is 5.68. The van der Waals surface area contributed by atoms with Gasteiger partial charge in [-0.2, -0.15) is 0 Å². The molecule has 0 aliphatic heterocycles. The van der Waals surface area contributed by atoms with Crippen LogP contribution in [-0.4, -0.2) is 18.4 Å². The van der Waals surface area contributed by atoms with Gasteiger partial charge in [-0.05, 0) is 60.9 Å². The van der Waals surface area contributed by atoms with Gasteiger partial charge in [0.2, 0.25) is 5.91 Å². The second-order valence-electron chi connectivity index (χ2n) is 7.37. The van der Waals surface area contributed by atoms with E-state index in [-0.39, 0.29) is 11.8 Å². The van der Waals surface area contributed by atoms with Gasteiger partial charge in [0.1, 0.15) is 5.58 Å². The summed E-state index contributed by atoms with van der Waals surface area (Å²) in [6.45, 7) is 2.12. The second kappa shape index (κ2) is 9.30. The van der Waals surface area contributed by atoms with Crippen LogP contribution >= 0.6 is 0 Å². The molecule has 0 radical (unpaired) electrons. The Morgan fingerprint density at radius 1 is 0.903 bits per heavy atom. The monoisotopic (exact) mass is 412 g/mol. The van der Waals surface area contributed by atoms with E-state index in [1.165, 1.54) is 6.92 Å². The Hall–Kier alpha value is -3.86. The molecule has 0 aliphatic rings. The van der Waals surface area contributed by atoms with E-state index in [2.05, 4.69) is 5.32 Å². The smallest absolute Gasteiger partial charge is 0.262 e. The first-order valence-electron chi connectivity index (χ1n) is 10.3. The van der Waals surface area contributed by atoms with Crippen molar-refractivity contribution in [2.75, 3.05) is 11.4 Å². The Morgan fingerprint density at radius 2 is 1.55 bits per heavy atom. The van der Waals surface area contributed by atoms with Gasteiger partial charge in [0.25, 0.3) is 5.91 Å². The number of furan rings is 1. The van der Waals surface area contributed by atoms with E-state index in [0.717, 1.165) is 40.7 Å². The fourth-order valence-electron chi connectivity index (χ4n) is 3.62. The molecule has 0 unspecified atom stereocenters. The van der Waals surface area contributed by atoms with Crippen LogP contribution in [-0.2, 0) is 11.2 Å². The molecule has 4 rings (SSSR count). The Bertz CT molecular complexity index is 1140. The minimum absolute atomic E-state index is 0.0353. The maximum Gasteiger partial charge on any atom is 0.262 e. The summed E-state index contributed by atoms with van der Waals surface area (Å²) in [6, 6.07) is 24.8. The van der Waals surface area contributed by atoms with Crippen molar-refractivity contribution in [3.05, 3.63) is 96.3 Å². The summed E-state index contributed by atoms with van der Waals surface area (Å²) in [7, 11) is 0. The third kappa shape index (κ3) is 4.67. The molecule has 0 atom stereocenters. The largest absolute Gasteiger partial charge is 0.464 e. The average Bonchev–Trinajstić information content (AvgIpc) is 3.20. The van der Waals surface area contributed by atoms with Crippen LogP contribution in [0.2, 0.25) is 0 Å². The van der Waals surface area contributed by atoms with Crippen LogP contribution in [0.15, 0.2) is 89.5 Å². The van der Waals surface area contributed by atoms with Crippen molar-refractivity contribution in [2.24, 2.45) is 0 Å². The molecule has 0 fully saturated rings. The molecule has 3 aromatic carbocycles. The summed E-state index contributed by atoms with van der Waals surface area (Å²) >= 11 is 0. The van der Waals surface area contributed by atoms with Gasteiger partial charge in [-0.15, -0.1) is 0 Å². The van der Waals surface area contributed by atoms with Gasteiger partial charge < -0.3 is 9.73 Å². The van der Waals surface area contributed by atoms with Gasteiger partial charge in [-0.1, -0.05) is 36.4 Å². The summed E-state index contributed by atoms with van der Waals surface area (Å²) in [4.78, 5) is 26.4. The van der Waals surface area contributed by atoms with Crippen molar-refractivity contribution in [3.8, 4) is 0 Å². The number of para-hydroxylation sites is 2. The summed E-state index contributed by atoms with van der Waals surface area (Å²) in [5.41, 5.74) is 3.98. The van der Waals surface area contributed by atoms with E-state index in [4.69, 9.17) is 4.42 Å². The van der Waals surface area contributed by atoms with E-state index in [1.807, 2.05) is 72.8 Å². The van der Waals surface area contributed by atoms with Crippen molar-refractivity contribution < 1.29 is 14.0 Å². The predicted molar refractivity (Wildman–Crippen MR) is 123 cm³/mol. The Morgan fingerprint density at radius 3 is 2.16 bits per heavy atom. The fourth-order valence-corrected chi connectivity index (χ4v) is 3.62. The van der Waals surface area contributed by atoms with Crippen LogP contribution in [0.3, 0.4) is 0 Å². The number of hydrogen-bond donors (Lipinski definition) is 1. The number of aryl methyl sites for hydroxylation is 1. The lowest BCUT2D eigenvalue weighted by Crippen LogP contribution is -2.25. The molecule has 4 aromatic rings. The Labute approximate surface area is 181 Å². The number of hydrogen-bond acceptors (Lipinski definition) is 3. The van der Waals surface area contributed by atoms with Crippen molar-refractivity contribution >= 4 is 34.2 Å². The van der Waals surface area contributed by atoms with Crippen LogP contribution in [0.25, 0.3) is 11.0 Å². The highest BCUT2D eigenvalue weighted by molar-refractivity contribution is 6.12. The van der Waals surface area contributed by atoms with Gasteiger partial charge in [-0.25, -0.2) is 0 Å². The maximum atomic E-state index is 13.6. The average molecular weight is 412 g/mol. The molecule has 0 spiro atoms. The van der Waals surface area contributed by atoms with E-state index < -0.39 is 0 Å². The number of anilines is 2. The van der Waals surface area contributed by atoms with E-state index in [9.17, 15) is 9.59 Å². The number of nitrogens with one attached hydrogen (secondary N) is 1. The predicted octanol–water partition coefficient (Wildman–Crippen LogP) is 5.48. The number of nitrogens with zero attached hydrogens (tertiary/aromatic N) is 1. The van der Waals surface area contributed by atoms with Crippen LogP contribution in [0, 0.1) is 0 Å². The first kappa shape index (κ1) is 20.4. The van der Waals surface area contributed by atoms with Crippen molar-refractivity contribution in [3.63, 3.8) is 0 Å². The zero-order valence-corrected chi connectivity index (χ0v) is 17.4.